The lowest BCUT2D eigenvalue weighted by Gasteiger charge is -2.04. The summed E-state index contributed by atoms with van der Waals surface area (Å²) in [7, 11) is 0. The molecule has 0 aromatic carbocycles. The summed E-state index contributed by atoms with van der Waals surface area (Å²) in [4.78, 5) is 0. The van der Waals surface area contributed by atoms with Gasteiger partial charge >= 0.3 is 0 Å². The SMILES string of the molecule is CCCCCCCCCCCCNCCCSC. The Labute approximate surface area is 120 Å². The number of rotatable bonds is 15. The lowest BCUT2D eigenvalue weighted by molar-refractivity contribution is 0.543. The minimum absolute atomic E-state index is 1.21. The first-order valence-electron chi connectivity index (χ1n) is 8.11. The molecule has 18 heavy (non-hydrogen) atoms. The normalized spacial score (nSPS) is 11.0. The summed E-state index contributed by atoms with van der Waals surface area (Å²) in [5.41, 5.74) is 0. The zero-order chi connectivity index (χ0) is 13.3. The van der Waals surface area contributed by atoms with Gasteiger partial charge in [-0.05, 0) is 37.9 Å². The first kappa shape index (κ1) is 18.3. The Morgan fingerprint density at radius 1 is 0.667 bits per heavy atom. The van der Waals surface area contributed by atoms with Crippen molar-refractivity contribution in [3.05, 3.63) is 0 Å². The molecule has 0 fully saturated rings. The minimum Gasteiger partial charge on any atom is -0.317 e. The molecule has 0 spiro atoms. The zero-order valence-electron chi connectivity index (χ0n) is 12.8. The van der Waals surface area contributed by atoms with Crippen molar-refractivity contribution in [2.45, 2.75) is 77.6 Å². The predicted octanol–water partition coefficient (Wildman–Crippen LogP) is 5.25. The van der Waals surface area contributed by atoms with Crippen LogP contribution >= 0.6 is 11.8 Å². The lowest BCUT2D eigenvalue weighted by Crippen LogP contribution is -2.17. The average Bonchev–Trinajstić information content (AvgIpc) is 2.39. The highest BCUT2D eigenvalue weighted by molar-refractivity contribution is 7.98. The fourth-order valence-corrected chi connectivity index (χ4v) is 2.64. The van der Waals surface area contributed by atoms with Crippen molar-refractivity contribution in [1.82, 2.24) is 5.32 Å². The van der Waals surface area contributed by atoms with Crippen molar-refractivity contribution in [1.29, 1.82) is 0 Å². The summed E-state index contributed by atoms with van der Waals surface area (Å²) in [5, 5.41) is 3.53. The zero-order valence-corrected chi connectivity index (χ0v) is 13.6. The summed E-state index contributed by atoms with van der Waals surface area (Å²) >= 11 is 1.95. The molecule has 0 aromatic heterocycles. The van der Waals surface area contributed by atoms with Gasteiger partial charge in [-0.2, -0.15) is 11.8 Å². The second-order valence-corrected chi connectivity index (χ2v) is 6.26. The monoisotopic (exact) mass is 273 g/mol. The molecule has 0 saturated heterocycles. The Bertz CT molecular complexity index is 123. The van der Waals surface area contributed by atoms with Gasteiger partial charge in [0.2, 0.25) is 0 Å². The Morgan fingerprint density at radius 2 is 1.17 bits per heavy atom. The van der Waals surface area contributed by atoms with Gasteiger partial charge in [0.15, 0.2) is 0 Å². The van der Waals surface area contributed by atoms with Gasteiger partial charge in [0.1, 0.15) is 0 Å². The molecule has 0 aliphatic heterocycles. The van der Waals surface area contributed by atoms with E-state index in [-0.39, 0.29) is 0 Å². The van der Waals surface area contributed by atoms with E-state index in [1.165, 1.54) is 89.5 Å². The van der Waals surface area contributed by atoms with Crippen molar-refractivity contribution in [2.75, 3.05) is 25.1 Å². The Hall–Kier alpha value is 0.310. The minimum atomic E-state index is 1.21. The molecule has 110 valence electrons. The summed E-state index contributed by atoms with van der Waals surface area (Å²) in [6.07, 6.45) is 17.8. The molecule has 1 N–H and O–H groups in total. The highest BCUT2D eigenvalue weighted by Gasteiger charge is 1.92. The van der Waals surface area contributed by atoms with Crippen LogP contribution in [0.5, 0.6) is 0 Å². The van der Waals surface area contributed by atoms with Gasteiger partial charge in [-0.1, -0.05) is 64.7 Å². The molecule has 0 radical (unpaired) electrons. The van der Waals surface area contributed by atoms with Crippen LogP contribution in [0.2, 0.25) is 0 Å². The molecule has 0 aliphatic carbocycles. The molecule has 0 aromatic rings. The fraction of sp³-hybridized carbons (Fsp3) is 1.00. The van der Waals surface area contributed by atoms with Crippen LogP contribution in [0.1, 0.15) is 77.6 Å². The highest BCUT2D eigenvalue weighted by atomic mass is 32.2. The number of nitrogens with one attached hydrogen (secondary N) is 1. The second kappa shape index (κ2) is 17.3. The van der Waals surface area contributed by atoms with Gasteiger partial charge in [0, 0.05) is 0 Å². The third kappa shape index (κ3) is 16.3. The fourth-order valence-electron chi connectivity index (χ4n) is 2.20. The van der Waals surface area contributed by atoms with Crippen LogP contribution < -0.4 is 5.32 Å². The van der Waals surface area contributed by atoms with E-state index in [1.807, 2.05) is 11.8 Å². The topological polar surface area (TPSA) is 12.0 Å². The van der Waals surface area contributed by atoms with Crippen LogP contribution in [0.3, 0.4) is 0 Å². The molecule has 0 atom stereocenters. The quantitative estimate of drug-likeness (QED) is 0.409. The molecule has 0 heterocycles. The van der Waals surface area contributed by atoms with Crippen LogP contribution in [0.15, 0.2) is 0 Å². The van der Waals surface area contributed by atoms with E-state index in [9.17, 15) is 0 Å². The third-order valence-corrected chi connectivity index (χ3v) is 4.11. The van der Waals surface area contributed by atoms with Gasteiger partial charge in [-0.3, -0.25) is 0 Å². The number of hydrogen-bond acceptors (Lipinski definition) is 2. The molecule has 0 aliphatic rings. The summed E-state index contributed by atoms with van der Waals surface area (Å²) in [6, 6.07) is 0. The number of hydrogen-bond donors (Lipinski definition) is 1. The van der Waals surface area contributed by atoms with Crippen molar-refractivity contribution >= 4 is 11.8 Å². The maximum Gasteiger partial charge on any atom is -0.00411 e. The molecule has 0 unspecified atom stereocenters. The van der Waals surface area contributed by atoms with E-state index in [0.29, 0.717) is 0 Å². The standard InChI is InChI=1S/C16H35NS/c1-3-4-5-6-7-8-9-10-11-12-14-17-15-13-16-18-2/h17H,3-16H2,1-2H3. The van der Waals surface area contributed by atoms with Crippen molar-refractivity contribution in [3.63, 3.8) is 0 Å². The van der Waals surface area contributed by atoms with E-state index >= 15 is 0 Å². The van der Waals surface area contributed by atoms with Gasteiger partial charge in [-0.25, -0.2) is 0 Å². The highest BCUT2D eigenvalue weighted by Crippen LogP contribution is 2.10. The first-order valence-corrected chi connectivity index (χ1v) is 9.50. The first-order chi connectivity index (χ1) is 8.91. The van der Waals surface area contributed by atoms with E-state index < -0.39 is 0 Å². The van der Waals surface area contributed by atoms with Crippen LogP contribution in [0.4, 0.5) is 0 Å². The Kier molecular flexibility index (Phi) is 17.6. The van der Waals surface area contributed by atoms with Crippen LogP contribution in [0, 0.1) is 0 Å². The van der Waals surface area contributed by atoms with Crippen LogP contribution in [-0.4, -0.2) is 25.1 Å². The van der Waals surface area contributed by atoms with Gasteiger partial charge < -0.3 is 5.32 Å². The van der Waals surface area contributed by atoms with Crippen molar-refractivity contribution in [3.8, 4) is 0 Å². The molecule has 0 rings (SSSR count). The lowest BCUT2D eigenvalue weighted by atomic mass is 10.1. The van der Waals surface area contributed by atoms with Crippen molar-refractivity contribution in [2.24, 2.45) is 0 Å². The number of thioether (sulfide) groups is 1. The molecule has 2 heteroatoms. The van der Waals surface area contributed by atoms with E-state index in [0.717, 1.165) is 0 Å². The maximum absolute atomic E-state index is 3.53. The Morgan fingerprint density at radius 3 is 1.72 bits per heavy atom. The summed E-state index contributed by atoms with van der Waals surface area (Å²) < 4.78 is 0. The van der Waals surface area contributed by atoms with Gasteiger partial charge in [0.05, 0.1) is 0 Å². The van der Waals surface area contributed by atoms with E-state index in [1.54, 1.807) is 0 Å². The smallest absolute Gasteiger partial charge is 0.00411 e. The molecular weight excluding hydrogens is 238 g/mol. The van der Waals surface area contributed by atoms with Gasteiger partial charge in [-0.15, -0.1) is 0 Å². The summed E-state index contributed by atoms with van der Waals surface area (Å²) in [6.45, 7) is 4.72. The largest absolute Gasteiger partial charge is 0.317 e. The van der Waals surface area contributed by atoms with Gasteiger partial charge in [0.25, 0.3) is 0 Å². The second-order valence-electron chi connectivity index (χ2n) is 5.28. The van der Waals surface area contributed by atoms with Crippen molar-refractivity contribution < 1.29 is 0 Å². The van der Waals surface area contributed by atoms with E-state index in [2.05, 4.69) is 18.5 Å². The predicted molar refractivity (Wildman–Crippen MR) is 87.7 cm³/mol. The molecule has 0 amide bonds. The molecular formula is C16H35NS. The third-order valence-electron chi connectivity index (χ3n) is 3.41. The average molecular weight is 274 g/mol. The molecule has 1 nitrogen and oxygen atoms in total. The van der Waals surface area contributed by atoms with Crippen LogP contribution in [0.25, 0.3) is 0 Å². The maximum atomic E-state index is 3.53. The summed E-state index contributed by atoms with van der Waals surface area (Å²) in [5.74, 6) is 1.30. The van der Waals surface area contributed by atoms with E-state index in [4.69, 9.17) is 0 Å². The molecule has 0 bridgehead atoms. The molecule has 0 saturated carbocycles. The Balaban J connectivity index is 2.86. The van der Waals surface area contributed by atoms with Crippen LogP contribution in [-0.2, 0) is 0 Å². The number of unbranched alkanes of at least 4 members (excludes halogenated alkanes) is 9.